The molecule has 1 aliphatic heterocycles. The van der Waals surface area contributed by atoms with E-state index in [-0.39, 0.29) is 11.8 Å². The molecular weight excluding hydrogens is 302 g/mol. The molecule has 24 heavy (non-hydrogen) atoms. The summed E-state index contributed by atoms with van der Waals surface area (Å²) >= 11 is 0. The quantitative estimate of drug-likeness (QED) is 0.628. The van der Waals surface area contributed by atoms with Crippen LogP contribution >= 0.6 is 0 Å². The molecule has 0 aromatic heterocycles. The van der Waals surface area contributed by atoms with Crippen molar-refractivity contribution in [1.29, 1.82) is 0 Å². The van der Waals surface area contributed by atoms with Crippen LogP contribution in [0.25, 0.3) is 6.08 Å². The summed E-state index contributed by atoms with van der Waals surface area (Å²) in [6.45, 7) is 5.92. The molecule has 0 radical (unpaired) electrons. The van der Waals surface area contributed by atoms with Crippen LogP contribution in [0.2, 0.25) is 0 Å². The van der Waals surface area contributed by atoms with Crippen LogP contribution in [0.1, 0.15) is 30.5 Å². The van der Waals surface area contributed by atoms with Gasteiger partial charge in [0, 0.05) is 5.56 Å². The van der Waals surface area contributed by atoms with Crippen molar-refractivity contribution < 1.29 is 14.3 Å². The van der Waals surface area contributed by atoms with Gasteiger partial charge in [0.25, 0.3) is 0 Å². The number of aryl methyl sites for hydroxylation is 1. The zero-order valence-corrected chi connectivity index (χ0v) is 13.9. The van der Waals surface area contributed by atoms with Gasteiger partial charge in [-0.15, -0.1) is 0 Å². The van der Waals surface area contributed by atoms with E-state index >= 15 is 0 Å². The maximum absolute atomic E-state index is 12.1. The molecule has 0 spiro atoms. The number of hydrogen-bond acceptors (Lipinski definition) is 4. The van der Waals surface area contributed by atoms with E-state index in [1.165, 1.54) is 0 Å². The maximum Gasteiger partial charge on any atom is 0.363 e. The van der Waals surface area contributed by atoms with Crippen molar-refractivity contribution >= 4 is 17.9 Å². The predicted molar refractivity (Wildman–Crippen MR) is 94.0 cm³/mol. The molecule has 2 aromatic carbocycles. The third kappa shape index (κ3) is 3.71. The van der Waals surface area contributed by atoms with E-state index in [0.717, 1.165) is 22.4 Å². The number of rotatable bonds is 4. The van der Waals surface area contributed by atoms with Crippen LogP contribution in [0.15, 0.2) is 59.2 Å². The molecule has 0 saturated heterocycles. The first-order valence-electron chi connectivity index (χ1n) is 7.87. The number of carbonyl (C=O) groups excluding carboxylic acids is 1. The Bertz CT molecular complexity index is 834. The molecular formula is C20H19NO3. The van der Waals surface area contributed by atoms with Gasteiger partial charge in [-0.05, 0) is 56.7 Å². The van der Waals surface area contributed by atoms with Crippen LogP contribution < -0.4 is 4.74 Å². The lowest BCUT2D eigenvalue weighted by Crippen LogP contribution is -2.05. The second-order valence-electron chi connectivity index (χ2n) is 5.94. The summed E-state index contributed by atoms with van der Waals surface area (Å²) in [4.78, 5) is 16.4. The Kier molecular flexibility index (Phi) is 4.47. The number of aliphatic imine (C=N–C) groups is 1. The van der Waals surface area contributed by atoms with E-state index in [0.29, 0.717) is 5.90 Å². The Balaban J connectivity index is 1.89. The van der Waals surface area contributed by atoms with Gasteiger partial charge in [-0.1, -0.05) is 29.8 Å². The third-order valence-electron chi connectivity index (χ3n) is 3.42. The molecule has 0 atom stereocenters. The first-order chi connectivity index (χ1) is 11.5. The maximum atomic E-state index is 12.1. The first-order valence-corrected chi connectivity index (χ1v) is 7.87. The van der Waals surface area contributed by atoms with Gasteiger partial charge < -0.3 is 9.47 Å². The van der Waals surface area contributed by atoms with Crippen LogP contribution in [-0.4, -0.2) is 18.0 Å². The van der Waals surface area contributed by atoms with Gasteiger partial charge in [-0.25, -0.2) is 9.79 Å². The van der Waals surface area contributed by atoms with Crippen molar-refractivity contribution in [2.45, 2.75) is 26.9 Å². The highest BCUT2D eigenvalue weighted by atomic mass is 16.6. The highest BCUT2D eigenvalue weighted by Crippen LogP contribution is 2.22. The highest BCUT2D eigenvalue weighted by molar-refractivity contribution is 6.12. The van der Waals surface area contributed by atoms with E-state index in [2.05, 4.69) is 4.99 Å². The molecule has 3 rings (SSSR count). The van der Waals surface area contributed by atoms with Crippen LogP contribution in [0.3, 0.4) is 0 Å². The predicted octanol–water partition coefficient (Wildman–Crippen LogP) is 4.13. The van der Waals surface area contributed by atoms with Gasteiger partial charge in [0.05, 0.1) is 6.10 Å². The van der Waals surface area contributed by atoms with E-state index in [9.17, 15) is 4.79 Å². The molecule has 4 heteroatoms. The topological polar surface area (TPSA) is 47.9 Å². The van der Waals surface area contributed by atoms with Crippen molar-refractivity contribution in [3.63, 3.8) is 0 Å². The van der Waals surface area contributed by atoms with Gasteiger partial charge in [-0.3, -0.25) is 0 Å². The average molecular weight is 321 g/mol. The second kappa shape index (κ2) is 6.71. The van der Waals surface area contributed by atoms with Crippen molar-refractivity contribution in [3.05, 3.63) is 70.9 Å². The highest BCUT2D eigenvalue weighted by Gasteiger charge is 2.24. The number of esters is 1. The van der Waals surface area contributed by atoms with Gasteiger partial charge in [0.2, 0.25) is 5.90 Å². The Morgan fingerprint density at radius 1 is 1.12 bits per heavy atom. The Morgan fingerprint density at radius 2 is 1.92 bits per heavy atom. The van der Waals surface area contributed by atoms with E-state index in [1.54, 1.807) is 6.08 Å². The van der Waals surface area contributed by atoms with Crippen molar-refractivity contribution in [2.24, 2.45) is 4.99 Å². The summed E-state index contributed by atoms with van der Waals surface area (Å²) in [5, 5.41) is 0. The molecule has 1 aliphatic rings. The van der Waals surface area contributed by atoms with Crippen LogP contribution in [0.4, 0.5) is 0 Å². The largest absolute Gasteiger partial charge is 0.491 e. The molecule has 0 bridgehead atoms. The van der Waals surface area contributed by atoms with Gasteiger partial charge in [0.15, 0.2) is 5.70 Å². The van der Waals surface area contributed by atoms with Crippen molar-refractivity contribution in [3.8, 4) is 5.75 Å². The van der Waals surface area contributed by atoms with Gasteiger partial charge in [-0.2, -0.15) is 0 Å². The lowest BCUT2D eigenvalue weighted by molar-refractivity contribution is -0.129. The Labute approximate surface area is 141 Å². The minimum atomic E-state index is -0.443. The van der Waals surface area contributed by atoms with Crippen molar-refractivity contribution in [2.75, 3.05) is 0 Å². The molecule has 122 valence electrons. The SMILES string of the molecule is Cc1cccc(C2=NC(=Cc3cccc(OC(C)C)c3)C(=O)O2)c1. The summed E-state index contributed by atoms with van der Waals surface area (Å²) in [5.74, 6) is 0.653. The molecule has 2 aromatic rings. The fourth-order valence-corrected chi connectivity index (χ4v) is 2.42. The molecule has 0 unspecified atom stereocenters. The monoisotopic (exact) mass is 321 g/mol. The molecule has 4 nitrogen and oxygen atoms in total. The minimum absolute atomic E-state index is 0.0929. The molecule has 0 fully saturated rings. The first kappa shape index (κ1) is 16.0. The number of cyclic esters (lactones) is 1. The average Bonchev–Trinajstić information content (AvgIpc) is 2.88. The number of hydrogen-bond donors (Lipinski definition) is 0. The molecule has 0 N–H and O–H groups in total. The van der Waals surface area contributed by atoms with Crippen LogP contribution in [-0.2, 0) is 9.53 Å². The molecule has 0 amide bonds. The molecule has 1 heterocycles. The van der Waals surface area contributed by atoms with Gasteiger partial charge >= 0.3 is 5.97 Å². The summed E-state index contributed by atoms with van der Waals surface area (Å²) in [6, 6.07) is 15.2. The van der Waals surface area contributed by atoms with E-state index in [1.807, 2.05) is 69.3 Å². The number of nitrogens with zero attached hydrogens (tertiary/aromatic N) is 1. The second-order valence-corrected chi connectivity index (χ2v) is 5.94. The molecule has 0 saturated carbocycles. The van der Waals surface area contributed by atoms with E-state index < -0.39 is 5.97 Å². The zero-order valence-electron chi connectivity index (χ0n) is 13.9. The third-order valence-corrected chi connectivity index (χ3v) is 3.42. The van der Waals surface area contributed by atoms with E-state index in [4.69, 9.17) is 9.47 Å². The standard InChI is InChI=1S/C20H19NO3/c1-13(2)23-17-9-5-7-15(11-17)12-18-20(22)24-19(21-18)16-8-4-6-14(3)10-16/h4-13H,1-3H3. The lowest BCUT2D eigenvalue weighted by Gasteiger charge is -2.09. The summed E-state index contributed by atoms with van der Waals surface area (Å²) in [6.07, 6.45) is 1.80. The number of benzene rings is 2. The normalized spacial score (nSPS) is 15.6. The van der Waals surface area contributed by atoms with Crippen molar-refractivity contribution in [1.82, 2.24) is 0 Å². The number of carbonyl (C=O) groups is 1. The van der Waals surface area contributed by atoms with Crippen LogP contribution in [0, 0.1) is 6.92 Å². The zero-order chi connectivity index (χ0) is 17.1. The summed E-state index contributed by atoms with van der Waals surface area (Å²) in [5.41, 5.74) is 3.01. The smallest absolute Gasteiger partial charge is 0.363 e. The lowest BCUT2D eigenvalue weighted by atomic mass is 10.1. The minimum Gasteiger partial charge on any atom is -0.491 e. The fourth-order valence-electron chi connectivity index (χ4n) is 2.42. The Morgan fingerprint density at radius 3 is 2.67 bits per heavy atom. The number of ether oxygens (including phenoxy) is 2. The fraction of sp³-hybridized carbons (Fsp3) is 0.200. The summed E-state index contributed by atoms with van der Waals surface area (Å²) in [7, 11) is 0. The molecule has 0 aliphatic carbocycles. The summed E-state index contributed by atoms with van der Waals surface area (Å²) < 4.78 is 11.0. The van der Waals surface area contributed by atoms with Gasteiger partial charge in [0.1, 0.15) is 5.75 Å². The van der Waals surface area contributed by atoms with Crippen LogP contribution in [0.5, 0.6) is 5.75 Å². The Hall–Kier alpha value is -2.88.